The molecule has 1 saturated heterocycles. The Kier molecular flexibility index (Phi) is 8.20. The van der Waals surface area contributed by atoms with Gasteiger partial charge >= 0.3 is 0 Å². The molecule has 0 bridgehead atoms. The number of nitrogens with zero attached hydrogens (tertiary/aromatic N) is 1. The maximum Gasteiger partial charge on any atom is 0.230 e. The largest absolute Gasteiger partial charge is 0.371 e. The second-order valence-electron chi connectivity index (χ2n) is 7.95. The van der Waals surface area contributed by atoms with Gasteiger partial charge in [-0.25, -0.2) is 0 Å². The molecule has 0 spiro atoms. The Morgan fingerprint density at radius 3 is 2.60 bits per heavy atom. The fourth-order valence-corrected chi connectivity index (χ4v) is 4.46. The summed E-state index contributed by atoms with van der Waals surface area (Å²) in [5.74, 6) is 1.06. The van der Waals surface area contributed by atoms with Crippen LogP contribution in [0.5, 0.6) is 0 Å². The zero-order valence-electron chi connectivity index (χ0n) is 17.8. The van der Waals surface area contributed by atoms with Gasteiger partial charge in [-0.05, 0) is 50.5 Å². The van der Waals surface area contributed by atoms with Crippen LogP contribution in [0, 0.1) is 6.92 Å². The van der Waals surface area contributed by atoms with E-state index in [4.69, 9.17) is 0 Å². The summed E-state index contributed by atoms with van der Waals surface area (Å²) < 4.78 is 0. The zero-order chi connectivity index (χ0) is 21.3. The van der Waals surface area contributed by atoms with Crippen LogP contribution in [0.2, 0.25) is 0 Å². The summed E-state index contributed by atoms with van der Waals surface area (Å²) in [6.07, 6.45) is 2.69. The lowest BCUT2D eigenvalue weighted by Gasteiger charge is -2.19. The number of carbonyl (C=O) groups excluding carboxylic acids is 2. The molecule has 0 saturated carbocycles. The van der Waals surface area contributed by atoms with E-state index >= 15 is 0 Å². The van der Waals surface area contributed by atoms with Gasteiger partial charge in [0.25, 0.3) is 0 Å². The number of aryl methyl sites for hydroxylation is 1. The minimum Gasteiger partial charge on any atom is -0.371 e. The molecule has 1 aliphatic heterocycles. The molecule has 1 fully saturated rings. The van der Waals surface area contributed by atoms with Crippen LogP contribution in [0.4, 0.5) is 11.4 Å². The van der Waals surface area contributed by atoms with Gasteiger partial charge in [0, 0.05) is 42.7 Å². The van der Waals surface area contributed by atoms with Gasteiger partial charge in [-0.3, -0.25) is 9.59 Å². The molecule has 2 N–H and O–H groups in total. The highest BCUT2D eigenvalue weighted by Crippen LogP contribution is 2.23. The van der Waals surface area contributed by atoms with Crippen LogP contribution in [0.25, 0.3) is 0 Å². The lowest BCUT2D eigenvalue weighted by Crippen LogP contribution is -2.36. The highest BCUT2D eigenvalue weighted by molar-refractivity contribution is 7.99. The maximum absolute atomic E-state index is 12.4. The molecular formula is C24H31N3O2S. The normalized spacial score (nSPS) is 14.4. The molecule has 1 aliphatic rings. The summed E-state index contributed by atoms with van der Waals surface area (Å²) in [5, 5.41) is 5.88. The number of benzene rings is 2. The van der Waals surface area contributed by atoms with Gasteiger partial charge in [-0.2, -0.15) is 0 Å². The standard InChI is InChI=1S/C24H31N3O2S/c1-18-7-5-8-20(13-18)16-30-17-24(29)25-19(2)14-23(28)26-21-9-6-10-22(15-21)27-11-3-4-12-27/h5-10,13,15,19H,3-4,11-12,14,16-17H2,1-2H3,(H,25,29)(H,26,28). The minimum atomic E-state index is -0.209. The maximum atomic E-state index is 12.4. The molecular weight excluding hydrogens is 394 g/mol. The SMILES string of the molecule is Cc1cccc(CSCC(=O)NC(C)CC(=O)Nc2cccc(N3CCCC3)c2)c1. The molecule has 1 heterocycles. The number of thioether (sulfide) groups is 1. The number of rotatable bonds is 9. The minimum absolute atomic E-state index is 0.0380. The number of hydrogen-bond acceptors (Lipinski definition) is 4. The van der Waals surface area contributed by atoms with Crippen molar-refractivity contribution in [2.45, 2.75) is 44.9 Å². The molecule has 1 atom stereocenters. The van der Waals surface area contributed by atoms with Crippen LogP contribution in [0.3, 0.4) is 0 Å². The number of anilines is 2. The summed E-state index contributed by atoms with van der Waals surface area (Å²) in [5.41, 5.74) is 4.40. The van der Waals surface area contributed by atoms with E-state index in [1.807, 2.05) is 31.2 Å². The fourth-order valence-electron chi connectivity index (χ4n) is 3.68. The highest BCUT2D eigenvalue weighted by atomic mass is 32.2. The van der Waals surface area contributed by atoms with E-state index < -0.39 is 0 Å². The Labute approximate surface area is 183 Å². The smallest absolute Gasteiger partial charge is 0.230 e. The van der Waals surface area contributed by atoms with Crippen molar-refractivity contribution in [3.05, 3.63) is 59.7 Å². The van der Waals surface area contributed by atoms with Crippen molar-refractivity contribution in [1.29, 1.82) is 0 Å². The first-order chi connectivity index (χ1) is 14.5. The van der Waals surface area contributed by atoms with Crippen molar-refractivity contribution < 1.29 is 9.59 Å². The number of amides is 2. The van der Waals surface area contributed by atoms with Crippen molar-refractivity contribution in [2.75, 3.05) is 29.1 Å². The monoisotopic (exact) mass is 425 g/mol. The lowest BCUT2D eigenvalue weighted by atomic mass is 10.2. The summed E-state index contributed by atoms with van der Waals surface area (Å²) in [6.45, 7) is 6.07. The summed E-state index contributed by atoms with van der Waals surface area (Å²) in [6, 6.07) is 16.1. The van der Waals surface area contributed by atoms with Crippen molar-refractivity contribution >= 4 is 35.0 Å². The van der Waals surface area contributed by atoms with E-state index in [9.17, 15) is 9.59 Å². The summed E-state index contributed by atoms with van der Waals surface area (Å²) in [7, 11) is 0. The van der Waals surface area contributed by atoms with Crippen molar-refractivity contribution in [3.8, 4) is 0 Å². The summed E-state index contributed by atoms with van der Waals surface area (Å²) in [4.78, 5) is 26.9. The predicted molar refractivity (Wildman–Crippen MR) is 126 cm³/mol. The van der Waals surface area contributed by atoms with Crippen LogP contribution in [0.1, 0.15) is 37.3 Å². The number of nitrogens with one attached hydrogen (secondary N) is 2. The average molecular weight is 426 g/mol. The molecule has 2 amide bonds. The van der Waals surface area contributed by atoms with E-state index in [1.165, 1.54) is 24.0 Å². The van der Waals surface area contributed by atoms with E-state index in [-0.39, 0.29) is 24.3 Å². The molecule has 3 rings (SSSR count). The van der Waals surface area contributed by atoms with E-state index in [0.29, 0.717) is 5.75 Å². The van der Waals surface area contributed by atoms with Crippen LogP contribution in [0.15, 0.2) is 48.5 Å². The van der Waals surface area contributed by atoms with Crippen molar-refractivity contribution in [3.63, 3.8) is 0 Å². The van der Waals surface area contributed by atoms with Gasteiger partial charge in [0.05, 0.1) is 5.75 Å². The topological polar surface area (TPSA) is 61.4 Å². The Morgan fingerprint density at radius 2 is 1.83 bits per heavy atom. The molecule has 1 unspecified atom stereocenters. The molecule has 0 radical (unpaired) electrons. The molecule has 0 aliphatic carbocycles. The van der Waals surface area contributed by atoms with E-state index in [1.54, 1.807) is 11.8 Å². The first-order valence-corrected chi connectivity index (χ1v) is 11.7. The first-order valence-electron chi connectivity index (χ1n) is 10.6. The van der Waals surface area contributed by atoms with Gasteiger partial charge in [0.1, 0.15) is 0 Å². The average Bonchev–Trinajstić information content (AvgIpc) is 3.23. The number of carbonyl (C=O) groups is 2. The number of hydrogen-bond donors (Lipinski definition) is 2. The molecule has 2 aromatic carbocycles. The van der Waals surface area contributed by atoms with Gasteiger partial charge < -0.3 is 15.5 Å². The Balaban J connectivity index is 1.38. The zero-order valence-corrected chi connectivity index (χ0v) is 18.6. The molecule has 2 aromatic rings. The Morgan fingerprint density at radius 1 is 1.07 bits per heavy atom. The lowest BCUT2D eigenvalue weighted by molar-refractivity contribution is -0.119. The van der Waals surface area contributed by atoms with Gasteiger partial charge in [0.15, 0.2) is 0 Å². The molecule has 30 heavy (non-hydrogen) atoms. The predicted octanol–water partition coefficient (Wildman–Crippen LogP) is 4.36. The second kappa shape index (κ2) is 11.1. The third-order valence-corrected chi connectivity index (χ3v) is 6.09. The van der Waals surface area contributed by atoms with Gasteiger partial charge in [-0.15, -0.1) is 11.8 Å². The van der Waals surface area contributed by atoms with E-state index in [2.05, 4.69) is 46.7 Å². The second-order valence-corrected chi connectivity index (χ2v) is 8.93. The molecule has 5 nitrogen and oxygen atoms in total. The van der Waals surface area contributed by atoms with Crippen molar-refractivity contribution in [2.24, 2.45) is 0 Å². The Hall–Kier alpha value is -2.47. The van der Waals surface area contributed by atoms with Crippen LogP contribution in [-0.2, 0) is 15.3 Å². The van der Waals surface area contributed by atoms with E-state index in [0.717, 1.165) is 30.2 Å². The fraction of sp³-hybridized carbons (Fsp3) is 0.417. The molecule has 0 aromatic heterocycles. The summed E-state index contributed by atoms with van der Waals surface area (Å²) >= 11 is 1.58. The molecule has 6 heteroatoms. The first kappa shape index (κ1) is 22.2. The third kappa shape index (κ3) is 7.10. The van der Waals surface area contributed by atoms with Crippen LogP contribution < -0.4 is 15.5 Å². The van der Waals surface area contributed by atoms with Crippen LogP contribution in [-0.4, -0.2) is 36.7 Å². The quantitative estimate of drug-likeness (QED) is 0.627. The van der Waals surface area contributed by atoms with Crippen molar-refractivity contribution in [1.82, 2.24) is 5.32 Å². The Bertz CT molecular complexity index is 865. The highest BCUT2D eigenvalue weighted by Gasteiger charge is 2.15. The van der Waals surface area contributed by atoms with Gasteiger partial charge in [-0.1, -0.05) is 35.9 Å². The van der Waals surface area contributed by atoms with Crippen LogP contribution >= 0.6 is 11.8 Å². The molecule has 160 valence electrons. The van der Waals surface area contributed by atoms with Gasteiger partial charge in [0.2, 0.25) is 11.8 Å². The third-order valence-electron chi connectivity index (χ3n) is 5.08.